The van der Waals surface area contributed by atoms with Gasteiger partial charge in [-0.1, -0.05) is 60.3 Å². The van der Waals surface area contributed by atoms with E-state index in [2.05, 4.69) is 9.71 Å². The number of methoxy groups -OCH3 is 1. The number of nitrogens with zero attached hydrogens (tertiary/aromatic N) is 2. The van der Waals surface area contributed by atoms with Gasteiger partial charge >= 0.3 is 5.97 Å². The van der Waals surface area contributed by atoms with Crippen molar-refractivity contribution in [3.63, 3.8) is 0 Å². The Kier molecular flexibility index (Phi) is 8.13. The molecule has 0 heterocycles. The molecule has 0 aliphatic rings. The van der Waals surface area contributed by atoms with Gasteiger partial charge in [0.25, 0.3) is 10.0 Å². The molecular formula is C24H25N3O4S2. The average Bonchev–Trinajstić information content (AvgIpc) is 2.82. The zero-order chi connectivity index (χ0) is 23.8. The van der Waals surface area contributed by atoms with Crippen molar-refractivity contribution in [2.75, 3.05) is 26.5 Å². The number of ether oxygens (including phenoxy) is 1. The molecule has 1 N–H and O–H groups in total. The van der Waals surface area contributed by atoms with E-state index in [1.165, 1.54) is 36.2 Å². The molecule has 0 saturated carbocycles. The van der Waals surface area contributed by atoms with Crippen molar-refractivity contribution in [2.24, 2.45) is 4.40 Å². The Morgan fingerprint density at radius 3 is 2.30 bits per heavy atom. The van der Waals surface area contributed by atoms with Crippen molar-refractivity contribution in [3.05, 3.63) is 83.9 Å². The molecule has 0 radical (unpaired) electrons. The first-order valence-electron chi connectivity index (χ1n) is 10.0. The van der Waals surface area contributed by atoms with Gasteiger partial charge in [-0.2, -0.15) is 8.42 Å². The van der Waals surface area contributed by atoms with Gasteiger partial charge in [0, 0.05) is 25.5 Å². The maximum atomic E-state index is 13.2. The monoisotopic (exact) mass is 483 g/mol. The van der Waals surface area contributed by atoms with E-state index in [1.54, 1.807) is 20.2 Å². The molecule has 0 spiro atoms. The molecule has 7 nitrogen and oxygen atoms in total. The quantitative estimate of drug-likeness (QED) is 0.272. The molecule has 0 aliphatic carbocycles. The lowest BCUT2D eigenvalue weighted by Gasteiger charge is -2.17. The number of hydrogen-bond donors (Lipinski definition) is 1. The molecule has 0 unspecified atom stereocenters. The van der Waals surface area contributed by atoms with Crippen LogP contribution < -0.4 is 5.32 Å². The largest absolute Gasteiger partial charge is 0.465 e. The molecule has 33 heavy (non-hydrogen) atoms. The summed E-state index contributed by atoms with van der Waals surface area (Å²) in [7, 11) is 0.492. The zero-order valence-corrected chi connectivity index (χ0v) is 20.2. The summed E-state index contributed by atoms with van der Waals surface area (Å²) in [5.41, 5.74) is 1.62. The fourth-order valence-electron chi connectivity index (χ4n) is 2.88. The summed E-state index contributed by atoms with van der Waals surface area (Å²) in [4.78, 5) is 15.1. The van der Waals surface area contributed by atoms with Gasteiger partial charge in [-0.15, -0.1) is 4.40 Å². The Morgan fingerprint density at radius 2 is 1.70 bits per heavy atom. The van der Waals surface area contributed by atoms with Crippen LogP contribution in [0.15, 0.2) is 91.9 Å². The first-order valence-corrected chi connectivity index (χ1v) is 12.3. The Balaban J connectivity index is 2.17. The number of carbonyl (C=O) groups excluding carboxylic acids is 1. The van der Waals surface area contributed by atoms with Crippen LogP contribution in [0.25, 0.3) is 0 Å². The second kappa shape index (κ2) is 11.0. The highest BCUT2D eigenvalue weighted by Gasteiger charge is 2.25. The molecular weight excluding hydrogens is 458 g/mol. The third kappa shape index (κ3) is 6.59. The van der Waals surface area contributed by atoms with Crippen molar-refractivity contribution in [2.45, 2.75) is 21.2 Å². The summed E-state index contributed by atoms with van der Waals surface area (Å²) in [6.45, 7) is 0.439. The summed E-state index contributed by atoms with van der Waals surface area (Å²) in [6.07, 6.45) is 1.22. The van der Waals surface area contributed by atoms with Crippen LogP contribution in [0.1, 0.15) is 15.9 Å². The van der Waals surface area contributed by atoms with Crippen molar-refractivity contribution >= 4 is 39.8 Å². The molecule has 0 aliphatic heterocycles. The summed E-state index contributed by atoms with van der Waals surface area (Å²) < 4.78 is 35.1. The number of nitrogens with one attached hydrogen (secondary N) is 1. The molecule has 3 aromatic carbocycles. The third-order valence-corrected chi connectivity index (χ3v) is 6.99. The van der Waals surface area contributed by atoms with Gasteiger partial charge in [-0.3, -0.25) is 0 Å². The summed E-state index contributed by atoms with van der Waals surface area (Å²) in [5.74, 6) is -0.637. The number of anilines is 1. The maximum absolute atomic E-state index is 13.2. The van der Waals surface area contributed by atoms with Crippen molar-refractivity contribution in [1.29, 1.82) is 0 Å². The van der Waals surface area contributed by atoms with E-state index < -0.39 is 16.0 Å². The normalized spacial score (nSPS) is 11.4. The molecule has 0 saturated heterocycles. The summed E-state index contributed by atoms with van der Waals surface area (Å²) in [5, 5.41) is 3.29. The summed E-state index contributed by atoms with van der Waals surface area (Å²) >= 11 is 1.28. The maximum Gasteiger partial charge on any atom is 0.337 e. The molecule has 0 aromatic heterocycles. The Morgan fingerprint density at radius 1 is 1.06 bits per heavy atom. The van der Waals surface area contributed by atoms with Gasteiger partial charge in [-0.05, 0) is 29.8 Å². The number of esters is 1. The van der Waals surface area contributed by atoms with E-state index in [9.17, 15) is 13.2 Å². The standard InChI is InChI=1S/C24H25N3O4S2/c1-27(2)17-26-33(29,30)22-15-19(24(28)31-3)14-21(25-16-18-10-6-4-7-11-18)23(22)32-20-12-8-5-9-13-20/h4-15,17,25H,16H2,1-3H3. The Bertz CT molecular complexity index is 1230. The van der Waals surface area contributed by atoms with E-state index in [-0.39, 0.29) is 10.5 Å². The number of carbonyl (C=O) groups is 1. The van der Waals surface area contributed by atoms with E-state index in [1.807, 2.05) is 60.7 Å². The van der Waals surface area contributed by atoms with Gasteiger partial charge in [0.1, 0.15) is 11.2 Å². The lowest BCUT2D eigenvalue weighted by Crippen LogP contribution is -2.12. The number of sulfonamides is 1. The van der Waals surface area contributed by atoms with Crippen LogP contribution in [-0.2, 0) is 21.3 Å². The smallest absolute Gasteiger partial charge is 0.337 e. The van der Waals surface area contributed by atoms with Crippen LogP contribution >= 0.6 is 11.8 Å². The van der Waals surface area contributed by atoms with E-state index in [0.717, 1.165) is 10.5 Å². The highest BCUT2D eigenvalue weighted by molar-refractivity contribution is 8.00. The van der Waals surface area contributed by atoms with Gasteiger partial charge in [0.05, 0.1) is 23.3 Å². The fourth-order valence-corrected chi connectivity index (χ4v) is 5.30. The molecule has 3 aromatic rings. The van der Waals surface area contributed by atoms with Crippen molar-refractivity contribution in [3.8, 4) is 0 Å². The highest BCUT2D eigenvalue weighted by atomic mass is 32.2. The predicted molar refractivity (Wildman–Crippen MR) is 131 cm³/mol. The van der Waals surface area contributed by atoms with E-state index in [0.29, 0.717) is 17.1 Å². The molecule has 0 fully saturated rings. The summed E-state index contributed by atoms with van der Waals surface area (Å²) in [6, 6.07) is 22.0. The second-order valence-corrected chi connectivity index (χ2v) is 9.94. The van der Waals surface area contributed by atoms with E-state index in [4.69, 9.17) is 4.74 Å². The first kappa shape index (κ1) is 24.3. The minimum atomic E-state index is -4.12. The van der Waals surface area contributed by atoms with Gasteiger partial charge < -0.3 is 15.0 Å². The van der Waals surface area contributed by atoms with Gasteiger partial charge in [-0.25, -0.2) is 4.79 Å². The van der Waals surface area contributed by atoms with Crippen molar-refractivity contribution < 1.29 is 17.9 Å². The number of benzene rings is 3. The van der Waals surface area contributed by atoms with Gasteiger partial charge in [0.15, 0.2) is 0 Å². The fraction of sp³-hybridized carbons (Fsp3) is 0.167. The Labute approximate surface area is 198 Å². The third-order valence-electron chi connectivity index (χ3n) is 4.46. The first-order chi connectivity index (χ1) is 15.8. The molecule has 0 bridgehead atoms. The van der Waals surface area contributed by atoms with Crippen LogP contribution in [0.4, 0.5) is 5.69 Å². The van der Waals surface area contributed by atoms with Gasteiger partial charge in [0.2, 0.25) is 0 Å². The molecule has 172 valence electrons. The van der Waals surface area contributed by atoms with Crippen LogP contribution in [0, 0.1) is 0 Å². The van der Waals surface area contributed by atoms with Crippen LogP contribution in [-0.4, -0.2) is 46.8 Å². The number of hydrogen-bond acceptors (Lipinski definition) is 6. The molecule has 0 atom stereocenters. The topological polar surface area (TPSA) is 88.1 Å². The van der Waals surface area contributed by atoms with E-state index >= 15 is 0 Å². The minimum Gasteiger partial charge on any atom is -0.465 e. The molecule has 9 heteroatoms. The van der Waals surface area contributed by atoms with Crippen LogP contribution in [0.5, 0.6) is 0 Å². The number of rotatable bonds is 9. The minimum absolute atomic E-state index is 0.0760. The van der Waals surface area contributed by atoms with Crippen molar-refractivity contribution in [1.82, 2.24) is 4.90 Å². The second-order valence-electron chi connectivity index (χ2n) is 7.26. The average molecular weight is 484 g/mol. The molecule has 3 rings (SSSR count). The molecule has 0 amide bonds. The lowest BCUT2D eigenvalue weighted by molar-refractivity contribution is 0.0600. The SMILES string of the molecule is COC(=O)c1cc(NCc2ccccc2)c(Sc2ccccc2)c(S(=O)(=O)N=CN(C)C)c1. The Hall–Kier alpha value is -3.30. The lowest BCUT2D eigenvalue weighted by atomic mass is 10.2. The highest BCUT2D eigenvalue weighted by Crippen LogP contribution is 2.40. The van der Waals surface area contributed by atoms with Crippen LogP contribution in [0.3, 0.4) is 0 Å². The van der Waals surface area contributed by atoms with Crippen LogP contribution in [0.2, 0.25) is 0 Å². The predicted octanol–water partition coefficient (Wildman–Crippen LogP) is 4.52. The zero-order valence-electron chi connectivity index (χ0n) is 18.6.